The van der Waals surface area contributed by atoms with Crippen LogP contribution in [0.4, 0.5) is 4.39 Å². The normalized spacial score (nSPS) is 10.8. The van der Waals surface area contributed by atoms with Crippen molar-refractivity contribution in [2.45, 2.75) is 30.0 Å². The minimum absolute atomic E-state index is 0.242. The molecule has 1 aromatic carbocycles. The van der Waals surface area contributed by atoms with Crippen LogP contribution in [-0.2, 0) is 6.54 Å². The molecule has 0 atom stereocenters. The Morgan fingerprint density at radius 3 is 3.06 bits per heavy atom. The molecule has 2 rings (SSSR count). The van der Waals surface area contributed by atoms with Crippen molar-refractivity contribution < 1.29 is 8.81 Å². The molecule has 1 aromatic heterocycles. The second kappa shape index (κ2) is 6.56. The predicted molar refractivity (Wildman–Crippen MR) is 69.0 cm³/mol. The van der Waals surface area contributed by atoms with Crippen molar-refractivity contribution in [2.75, 3.05) is 6.54 Å². The number of nitrogens with zero attached hydrogens (tertiary/aromatic N) is 1. The Kier molecular flexibility index (Phi) is 4.78. The number of oxazole rings is 1. The van der Waals surface area contributed by atoms with Crippen LogP contribution in [0, 0.1) is 5.82 Å². The van der Waals surface area contributed by atoms with Gasteiger partial charge in [-0.2, -0.15) is 0 Å². The lowest BCUT2D eigenvalue weighted by molar-refractivity contribution is 0.453. The van der Waals surface area contributed by atoms with Crippen molar-refractivity contribution in [3.8, 4) is 0 Å². The van der Waals surface area contributed by atoms with E-state index in [4.69, 9.17) is 4.42 Å². The molecule has 2 aromatic rings. The Morgan fingerprint density at radius 1 is 1.44 bits per heavy atom. The molecule has 96 valence electrons. The lowest BCUT2D eigenvalue weighted by Crippen LogP contribution is -2.14. The number of nitrogens with one attached hydrogen (secondary N) is 1. The SMILES string of the molecule is CCCNCc1cccc(F)c1Sc1ncco1. The highest BCUT2D eigenvalue weighted by molar-refractivity contribution is 7.99. The highest BCUT2D eigenvalue weighted by Crippen LogP contribution is 2.31. The van der Waals surface area contributed by atoms with Gasteiger partial charge in [0.2, 0.25) is 0 Å². The van der Waals surface area contributed by atoms with Crippen LogP contribution in [0.1, 0.15) is 18.9 Å². The molecule has 0 unspecified atom stereocenters. The van der Waals surface area contributed by atoms with Crippen LogP contribution in [-0.4, -0.2) is 11.5 Å². The van der Waals surface area contributed by atoms with Crippen LogP contribution >= 0.6 is 11.8 Å². The Morgan fingerprint density at radius 2 is 2.33 bits per heavy atom. The fourth-order valence-corrected chi connectivity index (χ4v) is 2.38. The molecule has 1 N–H and O–H groups in total. The van der Waals surface area contributed by atoms with Crippen LogP contribution in [0.3, 0.4) is 0 Å². The summed E-state index contributed by atoms with van der Waals surface area (Å²) in [6.45, 7) is 3.66. The third-order valence-corrected chi connectivity index (χ3v) is 3.43. The number of aromatic nitrogens is 1. The van der Waals surface area contributed by atoms with Crippen LogP contribution in [0.2, 0.25) is 0 Å². The molecule has 0 spiro atoms. The Balaban J connectivity index is 2.15. The van der Waals surface area contributed by atoms with E-state index in [1.807, 2.05) is 6.07 Å². The maximum absolute atomic E-state index is 13.8. The average molecular weight is 266 g/mol. The molecule has 18 heavy (non-hydrogen) atoms. The Hall–Kier alpha value is -1.33. The fraction of sp³-hybridized carbons (Fsp3) is 0.308. The highest BCUT2D eigenvalue weighted by atomic mass is 32.2. The van der Waals surface area contributed by atoms with Gasteiger partial charge in [0.25, 0.3) is 5.22 Å². The number of halogens is 1. The van der Waals surface area contributed by atoms with Crippen LogP contribution in [0.15, 0.2) is 45.2 Å². The largest absolute Gasteiger partial charge is 0.440 e. The molecule has 1 heterocycles. The van der Waals surface area contributed by atoms with E-state index in [1.165, 1.54) is 24.1 Å². The molecular formula is C13H15FN2OS. The summed E-state index contributed by atoms with van der Waals surface area (Å²) in [5, 5.41) is 3.72. The maximum atomic E-state index is 13.8. The smallest absolute Gasteiger partial charge is 0.260 e. The van der Waals surface area contributed by atoms with Gasteiger partial charge in [-0.25, -0.2) is 9.37 Å². The molecule has 0 bridgehead atoms. The lowest BCUT2D eigenvalue weighted by atomic mass is 10.2. The Labute approximate surface area is 110 Å². The summed E-state index contributed by atoms with van der Waals surface area (Å²) in [4.78, 5) is 4.57. The number of hydrogen-bond donors (Lipinski definition) is 1. The highest BCUT2D eigenvalue weighted by Gasteiger charge is 2.12. The standard InChI is InChI=1S/C13H15FN2OS/c1-2-6-15-9-10-4-3-5-11(14)12(10)18-13-16-7-8-17-13/h3-5,7-8,15H,2,6,9H2,1H3. The van der Waals surface area contributed by atoms with Crippen LogP contribution < -0.4 is 5.32 Å². The predicted octanol–water partition coefficient (Wildman–Crippen LogP) is 3.46. The van der Waals surface area contributed by atoms with E-state index >= 15 is 0 Å². The van der Waals surface area contributed by atoms with Gasteiger partial charge in [0.15, 0.2) is 0 Å². The van der Waals surface area contributed by atoms with Crippen molar-refractivity contribution in [1.82, 2.24) is 10.3 Å². The molecule has 0 aliphatic carbocycles. The molecule has 0 radical (unpaired) electrons. The van der Waals surface area contributed by atoms with Gasteiger partial charge in [-0.3, -0.25) is 0 Å². The van der Waals surface area contributed by atoms with Crippen molar-refractivity contribution in [3.05, 3.63) is 42.0 Å². The van der Waals surface area contributed by atoms with E-state index in [2.05, 4.69) is 17.2 Å². The third kappa shape index (κ3) is 3.34. The minimum Gasteiger partial charge on any atom is -0.440 e. The first-order valence-corrected chi connectivity index (χ1v) is 6.68. The first-order chi connectivity index (χ1) is 8.81. The number of rotatable bonds is 6. The van der Waals surface area contributed by atoms with Gasteiger partial charge in [0, 0.05) is 6.54 Å². The topological polar surface area (TPSA) is 38.1 Å². The van der Waals surface area contributed by atoms with Crippen molar-refractivity contribution >= 4 is 11.8 Å². The molecule has 3 nitrogen and oxygen atoms in total. The third-order valence-electron chi connectivity index (χ3n) is 2.39. The fourth-order valence-electron chi connectivity index (χ4n) is 1.55. The summed E-state index contributed by atoms with van der Waals surface area (Å²) in [6, 6.07) is 5.09. The van der Waals surface area contributed by atoms with E-state index in [0.29, 0.717) is 16.7 Å². The molecule has 0 aliphatic rings. The molecule has 0 fully saturated rings. The summed E-state index contributed by atoms with van der Waals surface area (Å²) in [6.07, 6.45) is 4.09. The lowest BCUT2D eigenvalue weighted by Gasteiger charge is -2.09. The van der Waals surface area contributed by atoms with Crippen molar-refractivity contribution in [3.63, 3.8) is 0 Å². The Bertz CT molecular complexity index is 488. The zero-order chi connectivity index (χ0) is 12.8. The second-order valence-electron chi connectivity index (χ2n) is 3.80. The van der Waals surface area contributed by atoms with Gasteiger partial charge in [-0.05, 0) is 36.4 Å². The van der Waals surface area contributed by atoms with Gasteiger partial charge in [0.05, 0.1) is 11.1 Å². The van der Waals surface area contributed by atoms with Gasteiger partial charge in [-0.15, -0.1) is 0 Å². The van der Waals surface area contributed by atoms with Crippen molar-refractivity contribution in [2.24, 2.45) is 0 Å². The second-order valence-corrected chi connectivity index (χ2v) is 4.77. The number of hydrogen-bond acceptors (Lipinski definition) is 4. The van der Waals surface area contributed by atoms with Gasteiger partial charge in [0.1, 0.15) is 12.1 Å². The van der Waals surface area contributed by atoms with E-state index in [1.54, 1.807) is 12.3 Å². The first kappa shape index (κ1) is 13.1. The van der Waals surface area contributed by atoms with E-state index in [0.717, 1.165) is 18.5 Å². The summed E-state index contributed by atoms with van der Waals surface area (Å²) in [5.74, 6) is -0.242. The minimum atomic E-state index is -0.242. The molecule has 5 heteroatoms. The molecule has 0 amide bonds. The van der Waals surface area contributed by atoms with E-state index in [-0.39, 0.29) is 5.82 Å². The van der Waals surface area contributed by atoms with E-state index < -0.39 is 0 Å². The van der Waals surface area contributed by atoms with E-state index in [9.17, 15) is 4.39 Å². The summed E-state index contributed by atoms with van der Waals surface area (Å²) in [7, 11) is 0. The average Bonchev–Trinajstić information content (AvgIpc) is 2.86. The molecule has 0 saturated heterocycles. The number of benzene rings is 1. The van der Waals surface area contributed by atoms with Crippen LogP contribution in [0.25, 0.3) is 0 Å². The molecule has 0 saturated carbocycles. The zero-order valence-corrected chi connectivity index (χ0v) is 11.0. The van der Waals surface area contributed by atoms with Gasteiger partial charge < -0.3 is 9.73 Å². The first-order valence-electron chi connectivity index (χ1n) is 5.86. The zero-order valence-electron chi connectivity index (χ0n) is 10.1. The maximum Gasteiger partial charge on any atom is 0.260 e. The quantitative estimate of drug-likeness (QED) is 0.812. The van der Waals surface area contributed by atoms with Crippen LogP contribution in [0.5, 0.6) is 0 Å². The molecule has 0 aliphatic heterocycles. The van der Waals surface area contributed by atoms with Gasteiger partial charge in [-0.1, -0.05) is 19.1 Å². The summed E-state index contributed by atoms with van der Waals surface area (Å²) < 4.78 is 19.0. The summed E-state index contributed by atoms with van der Waals surface area (Å²) in [5.41, 5.74) is 0.923. The molecular weight excluding hydrogens is 251 g/mol. The monoisotopic (exact) mass is 266 g/mol. The summed E-state index contributed by atoms with van der Waals surface area (Å²) >= 11 is 1.21. The van der Waals surface area contributed by atoms with Gasteiger partial charge >= 0.3 is 0 Å². The van der Waals surface area contributed by atoms with Crippen molar-refractivity contribution in [1.29, 1.82) is 0 Å².